The van der Waals surface area contributed by atoms with Crippen LogP contribution in [0.3, 0.4) is 0 Å². The smallest absolute Gasteiger partial charge is 0.319 e. The van der Waals surface area contributed by atoms with Crippen LogP contribution >= 0.6 is 0 Å². The van der Waals surface area contributed by atoms with Gasteiger partial charge in [-0.1, -0.05) is 6.07 Å². The molecule has 1 atom stereocenters. The number of para-hydroxylation sites is 1. The van der Waals surface area contributed by atoms with Crippen LogP contribution in [-0.4, -0.2) is 35.1 Å². The quantitative estimate of drug-likeness (QED) is 0.871. The maximum atomic E-state index is 13.6. The standard InChI is InChI=1S/C18H22F2N4O/c1-23-9-5-8-15(23)16(24-10-2-3-11-24)12-21-18(25)22-17-13(19)6-4-7-14(17)20/h4-9,16H,2-3,10-12H2,1H3,(H2,21,22,25)/t16-/m0/s1. The van der Waals surface area contributed by atoms with E-state index in [1.165, 1.54) is 6.07 Å². The molecule has 0 radical (unpaired) electrons. The molecule has 5 nitrogen and oxygen atoms in total. The highest BCUT2D eigenvalue weighted by Gasteiger charge is 2.25. The van der Waals surface area contributed by atoms with Gasteiger partial charge in [-0.2, -0.15) is 0 Å². The molecule has 2 aromatic rings. The highest BCUT2D eigenvalue weighted by molar-refractivity contribution is 5.89. The van der Waals surface area contributed by atoms with Gasteiger partial charge in [-0.15, -0.1) is 0 Å². The van der Waals surface area contributed by atoms with Gasteiger partial charge in [-0.3, -0.25) is 4.90 Å². The number of carbonyl (C=O) groups is 1. The summed E-state index contributed by atoms with van der Waals surface area (Å²) in [5, 5.41) is 5.00. The Balaban J connectivity index is 1.66. The molecular formula is C18H22F2N4O. The molecule has 7 heteroatoms. The maximum absolute atomic E-state index is 13.6. The molecule has 1 fully saturated rings. The zero-order valence-corrected chi connectivity index (χ0v) is 14.1. The minimum absolute atomic E-state index is 0.0266. The minimum atomic E-state index is -0.798. The average molecular weight is 348 g/mol. The molecule has 0 spiro atoms. The number of aryl methyl sites for hydroxylation is 1. The molecule has 1 aromatic carbocycles. The zero-order chi connectivity index (χ0) is 17.8. The number of likely N-dealkylation sites (tertiary alicyclic amines) is 1. The summed E-state index contributed by atoms with van der Waals surface area (Å²) >= 11 is 0. The average Bonchev–Trinajstić information content (AvgIpc) is 3.24. The summed E-state index contributed by atoms with van der Waals surface area (Å²) in [7, 11) is 1.97. The molecule has 0 aliphatic carbocycles. The molecule has 2 heterocycles. The molecule has 1 aromatic heterocycles. The first kappa shape index (κ1) is 17.4. The Morgan fingerprint density at radius 2 is 1.84 bits per heavy atom. The number of anilines is 1. The van der Waals surface area contributed by atoms with E-state index in [9.17, 15) is 13.6 Å². The lowest BCUT2D eigenvalue weighted by Crippen LogP contribution is -2.39. The van der Waals surface area contributed by atoms with Gasteiger partial charge in [0.25, 0.3) is 0 Å². The van der Waals surface area contributed by atoms with E-state index in [2.05, 4.69) is 15.5 Å². The highest BCUT2D eigenvalue weighted by Crippen LogP contribution is 2.25. The molecule has 1 aliphatic heterocycles. The Morgan fingerprint density at radius 1 is 1.16 bits per heavy atom. The van der Waals surface area contributed by atoms with Crippen molar-refractivity contribution in [3.63, 3.8) is 0 Å². The predicted octanol–water partition coefficient (Wildman–Crippen LogP) is 3.26. The predicted molar refractivity (Wildman–Crippen MR) is 92.3 cm³/mol. The third-order valence-electron chi connectivity index (χ3n) is 4.56. The Labute approximate surface area is 145 Å². The Bertz CT molecular complexity index is 720. The van der Waals surface area contributed by atoms with E-state index in [0.29, 0.717) is 6.54 Å². The van der Waals surface area contributed by atoms with E-state index in [1.54, 1.807) is 0 Å². The van der Waals surface area contributed by atoms with E-state index in [1.807, 2.05) is 29.9 Å². The van der Waals surface area contributed by atoms with Crippen LogP contribution in [0.15, 0.2) is 36.5 Å². The summed E-state index contributed by atoms with van der Waals surface area (Å²) < 4.78 is 29.3. The fourth-order valence-electron chi connectivity index (χ4n) is 3.26. The van der Waals surface area contributed by atoms with Crippen molar-refractivity contribution < 1.29 is 13.6 Å². The number of nitrogens with one attached hydrogen (secondary N) is 2. The topological polar surface area (TPSA) is 49.3 Å². The number of rotatable bonds is 5. The number of carbonyl (C=O) groups excluding carboxylic acids is 1. The van der Waals surface area contributed by atoms with Crippen LogP contribution in [0.1, 0.15) is 24.6 Å². The molecule has 2 amide bonds. The first-order chi connectivity index (χ1) is 12.1. The van der Waals surface area contributed by atoms with Crippen molar-refractivity contribution in [2.45, 2.75) is 18.9 Å². The number of hydrogen-bond donors (Lipinski definition) is 2. The molecule has 0 saturated carbocycles. The molecule has 0 bridgehead atoms. The normalized spacial score (nSPS) is 16.0. The van der Waals surface area contributed by atoms with Gasteiger partial charge in [-0.05, 0) is 50.2 Å². The molecule has 1 aliphatic rings. The van der Waals surface area contributed by atoms with E-state index >= 15 is 0 Å². The first-order valence-corrected chi connectivity index (χ1v) is 8.40. The fraction of sp³-hybridized carbons (Fsp3) is 0.389. The number of benzene rings is 1. The lowest BCUT2D eigenvalue weighted by atomic mass is 10.1. The Hall–Kier alpha value is -2.41. The lowest BCUT2D eigenvalue weighted by Gasteiger charge is -2.28. The van der Waals surface area contributed by atoms with Crippen LogP contribution in [0.25, 0.3) is 0 Å². The molecule has 2 N–H and O–H groups in total. The SMILES string of the molecule is Cn1cccc1[C@H](CNC(=O)Nc1c(F)cccc1F)N1CCCC1. The van der Waals surface area contributed by atoms with E-state index < -0.39 is 23.4 Å². The fourth-order valence-corrected chi connectivity index (χ4v) is 3.26. The number of halogens is 2. The number of aromatic nitrogens is 1. The highest BCUT2D eigenvalue weighted by atomic mass is 19.1. The van der Waals surface area contributed by atoms with Crippen LogP contribution in [-0.2, 0) is 7.05 Å². The summed E-state index contributed by atoms with van der Waals surface area (Å²) in [6.07, 6.45) is 4.23. The molecule has 3 rings (SSSR count). The first-order valence-electron chi connectivity index (χ1n) is 8.40. The second-order valence-corrected chi connectivity index (χ2v) is 6.23. The molecular weight excluding hydrogens is 326 g/mol. The van der Waals surface area contributed by atoms with Crippen molar-refractivity contribution in [1.29, 1.82) is 0 Å². The van der Waals surface area contributed by atoms with Gasteiger partial charge in [0.2, 0.25) is 0 Å². The number of urea groups is 1. The second-order valence-electron chi connectivity index (χ2n) is 6.23. The van der Waals surface area contributed by atoms with Gasteiger partial charge >= 0.3 is 6.03 Å². The third kappa shape index (κ3) is 3.99. The second kappa shape index (κ2) is 7.65. The lowest BCUT2D eigenvalue weighted by molar-refractivity contribution is 0.222. The van der Waals surface area contributed by atoms with Gasteiger partial charge in [0.15, 0.2) is 0 Å². The van der Waals surface area contributed by atoms with Gasteiger partial charge in [0.05, 0.1) is 6.04 Å². The van der Waals surface area contributed by atoms with Crippen molar-refractivity contribution in [3.8, 4) is 0 Å². The van der Waals surface area contributed by atoms with Crippen molar-refractivity contribution in [1.82, 2.24) is 14.8 Å². The van der Waals surface area contributed by atoms with Crippen LogP contribution in [0.2, 0.25) is 0 Å². The summed E-state index contributed by atoms with van der Waals surface area (Å²) in [5.41, 5.74) is 0.663. The van der Waals surface area contributed by atoms with Gasteiger partial charge in [0, 0.05) is 25.5 Å². The van der Waals surface area contributed by atoms with Crippen LogP contribution in [0, 0.1) is 11.6 Å². The van der Waals surface area contributed by atoms with Crippen molar-refractivity contribution in [2.75, 3.05) is 25.0 Å². The Morgan fingerprint density at radius 3 is 2.44 bits per heavy atom. The summed E-state index contributed by atoms with van der Waals surface area (Å²) in [4.78, 5) is 14.4. The molecule has 134 valence electrons. The summed E-state index contributed by atoms with van der Waals surface area (Å²) in [6, 6.07) is 6.87. The van der Waals surface area contributed by atoms with Gasteiger partial charge in [0.1, 0.15) is 17.3 Å². The Kier molecular flexibility index (Phi) is 5.33. The number of hydrogen-bond acceptors (Lipinski definition) is 2. The van der Waals surface area contributed by atoms with E-state index in [4.69, 9.17) is 0 Å². The number of nitrogens with zero attached hydrogens (tertiary/aromatic N) is 2. The van der Waals surface area contributed by atoms with E-state index in [-0.39, 0.29) is 6.04 Å². The largest absolute Gasteiger partial charge is 0.353 e. The zero-order valence-electron chi connectivity index (χ0n) is 14.1. The van der Waals surface area contributed by atoms with Crippen LogP contribution in [0.5, 0.6) is 0 Å². The molecule has 0 unspecified atom stereocenters. The maximum Gasteiger partial charge on any atom is 0.319 e. The van der Waals surface area contributed by atoms with Crippen LogP contribution in [0.4, 0.5) is 19.3 Å². The monoisotopic (exact) mass is 348 g/mol. The molecule has 25 heavy (non-hydrogen) atoms. The van der Waals surface area contributed by atoms with Crippen LogP contribution < -0.4 is 10.6 Å². The summed E-state index contributed by atoms with van der Waals surface area (Å²) in [6.45, 7) is 2.31. The third-order valence-corrected chi connectivity index (χ3v) is 4.56. The summed E-state index contributed by atoms with van der Waals surface area (Å²) in [5.74, 6) is -1.60. The molecule has 1 saturated heterocycles. The van der Waals surface area contributed by atoms with E-state index in [0.717, 1.165) is 43.8 Å². The van der Waals surface area contributed by atoms with Gasteiger partial charge < -0.3 is 15.2 Å². The number of amides is 2. The minimum Gasteiger partial charge on any atom is -0.353 e. The van der Waals surface area contributed by atoms with Crippen molar-refractivity contribution in [2.24, 2.45) is 7.05 Å². The van der Waals surface area contributed by atoms with Crippen molar-refractivity contribution in [3.05, 3.63) is 53.9 Å². The van der Waals surface area contributed by atoms with Crippen molar-refractivity contribution >= 4 is 11.7 Å². The van der Waals surface area contributed by atoms with Gasteiger partial charge in [-0.25, -0.2) is 13.6 Å².